The minimum absolute atomic E-state index is 0.0117. The van der Waals surface area contributed by atoms with Gasteiger partial charge in [0.2, 0.25) is 0 Å². The molecule has 1 heterocycles. The van der Waals surface area contributed by atoms with Crippen LogP contribution in [0.5, 0.6) is 11.5 Å². The molecule has 24 heavy (non-hydrogen) atoms. The van der Waals surface area contributed by atoms with Crippen LogP contribution >= 0.6 is 0 Å². The molecule has 8 nitrogen and oxygen atoms in total. The second-order valence-electron chi connectivity index (χ2n) is 4.96. The Bertz CT molecular complexity index is 763. The number of hydrogen-bond acceptors (Lipinski definition) is 6. The Balaban J connectivity index is 1.73. The summed E-state index contributed by atoms with van der Waals surface area (Å²) in [7, 11) is 0. The van der Waals surface area contributed by atoms with Gasteiger partial charge in [0.15, 0.2) is 11.5 Å². The Morgan fingerprint density at radius 1 is 1.17 bits per heavy atom. The third-order valence-corrected chi connectivity index (χ3v) is 3.31. The molecule has 0 bridgehead atoms. The average Bonchev–Trinajstić information content (AvgIpc) is 2.60. The number of carbonyl (C=O) groups excluding carboxylic acids is 1. The standard InChI is InChI=1S/C16H14N2O6/c19-16(24-10-11-4-2-1-3-5-11)17-12-8-14-15(23-7-6-22-14)9-13(12)18(20)21/h1-5,8-9H,6-7,10H2,(H,17,19). The van der Waals surface area contributed by atoms with E-state index in [2.05, 4.69) is 5.32 Å². The molecular weight excluding hydrogens is 316 g/mol. The van der Waals surface area contributed by atoms with Gasteiger partial charge in [0.25, 0.3) is 5.69 Å². The molecule has 1 aliphatic rings. The van der Waals surface area contributed by atoms with Crippen molar-refractivity contribution < 1.29 is 23.9 Å². The lowest BCUT2D eigenvalue weighted by atomic mass is 10.2. The first-order valence-corrected chi connectivity index (χ1v) is 7.19. The first-order valence-electron chi connectivity index (χ1n) is 7.19. The molecule has 0 aromatic heterocycles. The summed E-state index contributed by atoms with van der Waals surface area (Å²) in [5, 5.41) is 13.6. The van der Waals surface area contributed by atoms with Crippen LogP contribution in [-0.4, -0.2) is 24.2 Å². The highest BCUT2D eigenvalue weighted by atomic mass is 16.6. The van der Waals surface area contributed by atoms with Crippen LogP contribution in [0.25, 0.3) is 0 Å². The molecule has 0 fully saturated rings. The van der Waals surface area contributed by atoms with Crippen LogP contribution in [0.2, 0.25) is 0 Å². The molecule has 0 unspecified atom stereocenters. The van der Waals surface area contributed by atoms with Gasteiger partial charge < -0.3 is 14.2 Å². The van der Waals surface area contributed by atoms with E-state index in [1.165, 1.54) is 12.1 Å². The van der Waals surface area contributed by atoms with Gasteiger partial charge in [-0.15, -0.1) is 0 Å². The molecule has 2 aromatic rings. The minimum atomic E-state index is -0.793. The van der Waals surface area contributed by atoms with Crippen molar-refractivity contribution >= 4 is 17.5 Å². The van der Waals surface area contributed by atoms with Crippen molar-refractivity contribution in [2.45, 2.75) is 6.61 Å². The number of fused-ring (bicyclic) bond motifs is 1. The minimum Gasteiger partial charge on any atom is -0.486 e. The fourth-order valence-electron chi connectivity index (χ4n) is 2.20. The van der Waals surface area contributed by atoms with E-state index < -0.39 is 11.0 Å². The van der Waals surface area contributed by atoms with Crippen LogP contribution < -0.4 is 14.8 Å². The van der Waals surface area contributed by atoms with E-state index in [0.29, 0.717) is 19.0 Å². The molecule has 0 saturated carbocycles. The number of anilines is 1. The lowest BCUT2D eigenvalue weighted by Crippen LogP contribution is -2.18. The Morgan fingerprint density at radius 3 is 2.50 bits per heavy atom. The van der Waals surface area contributed by atoms with Crippen LogP contribution in [0.1, 0.15) is 5.56 Å². The molecule has 124 valence electrons. The fraction of sp³-hybridized carbons (Fsp3) is 0.188. The Hall–Kier alpha value is -3.29. The van der Waals surface area contributed by atoms with E-state index in [4.69, 9.17) is 14.2 Å². The number of hydrogen-bond donors (Lipinski definition) is 1. The SMILES string of the molecule is O=C(Nc1cc2c(cc1[N+](=O)[O-])OCCO2)OCc1ccccc1. The molecule has 3 rings (SSSR count). The van der Waals surface area contributed by atoms with Crippen molar-refractivity contribution in [3.05, 3.63) is 58.1 Å². The lowest BCUT2D eigenvalue weighted by Gasteiger charge is -2.19. The van der Waals surface area contributed by atoms with E-state index in [0.717, 1.165) is 5.56 Å². The Morgan fingerprint density at radius 2 is 1.83 bits per heavy atom. The highest BCUT2D eigenvalue weighted by Crippen LogP contribution is 2.39. The van der Waals surface area contributed by atoms with Gasteiger partial charge >= 0.3 is 6.09 Å². The smallest absolute Gasteiger partial charge is 0.412 e. The lowest BCUT2D eigenvalue weighted by molar-refractivity contribution is -0.384. The molecule has 1 aliphatic heterocycles. The number of nitro benzene ring substituents is 1. The monoisotopic (exact) mass is 330 g/mol. The number of carbonyl (C=O) groups is 1. The summed E-state index contributed by atoms with van der Waals surface area (Å²) in [6.07, 6.45) is -0.793. The predicted octanol–water partition coefficient (Wildman–Crippen LogP) is 3.11. The van der Waals surface area contributed by atoms with Crippen molar-refractivity contribution in [2.75, 3.05) is 18.5 Å². The second kappa shape index (κ2) is 6.86. The highest BCUT2D eigenvalue weighted by molar-refractivity contribution is 5.89. The van der Waals surface area contributed by atoms with Crippen LogP contribution in [0, 0.1) is 10.1 Å². The van der Waals surface area contributed by atoms with E-state index in [1.54, 1.807) is 12.1 Å². The molecule has 8 heteroatoms. The van der Waals surface area contributed by atoms with E-state index in [9.17, 15) is 14.9 Å². The topological polar surface area (TPSA) is 99.9 Å². The van der Waals surface area contributed by atoms with Crippen molar-refractivity contribution in [3.63, 3.8) is 0 Å². The largest absolute Gasteiger partial charge is 0.486 e. The van der Waals surface area contributed by atoms with Crippen molar-refractivity contribution in [2.24, 2.45) is 0 Å². The number of rotatable bonds is 4. The van der Waals surface area contributed by atoms with Gasteiger partial charge in [-0.25, -0.2) is 4.79 Å². The third kappa shape index (κ3) is 3.54. The number of amides is 1. The Kier molecular flexibility index (Phi) is 4.46. The van der Waals surface area contributed by atoms with E-state index in [1.807, 2.05) is 18.2 Å². The second-order valence-corrected chi connectivity index (χ2v) is 4.96. The first-order chi connectivity index (χ1) is 11.6. The van der Waals surface area contributed by atoms with Gasteiger partial charge in [-0.3, -0.25) is 15.4 Å². The maximum absolute atomic E-state index is 11.9. The first kappa shape index (κ1) is 15.6. The Labute approximate surface area is 137 Å². The van der Waals surface area contributed by atoms with E-state index in [-0.39, 0.29) is 23.7 Å². The predicted molar refractivity (Wildman–Crippen MR) is 84.3 cm³/mol. The number of nitrogens with one attached hydrogen (secondary N) is 1. The zero-order valence-electron chi connectivity index (χ0n) is 12.6. The molecule has 2 aromatic carbocycles. The maximum Gasteiger partial charge on any atom is 0.412 e. The van der Waals surface area contributed by atoms with E-state index >= 15 is 0 Å². The van der Waals surface area contributed by atoms with Gasteiger partial charge in [-0.05, 0) is 5.56 Å². The number of nitro groups is 1. The summed E-state index contributed by atoms with van der Waals surface area (Å²) < 4.78 is 15.7. The molecule has 0 atom stereocenters. The molecular formula is C16H14N2O6. The molecule has 0 spiro atoms. The molecule has 0 saturated heterocycles. The van der Waals surface area contributed by atoms with Gasteiger partial charge in [-0.2, -0.15) is 0 Å². The number of benzene rings is 2. The van der Waals surface area contributed by atoms with Crippen LogP contribution in [0.15, 0.2) is 42.5 Å². The van der Waals surface area contributed by atoms with Crippen molar-refractivity contribution in [1.29, 1.82) is 0 Å². The van der Waals surface area contributed by atoms with Gasteiger partial charge in [0.05, 0.1) is 11.0 Å². The molecule has 0 aliphatic carbocycles. The van der Waals surface area contributed by atoms with Crippen molar-refractivity contribution in [1.82, 2.24) is 0 Å². The zero-order chi connectivity index (χ0) is 16.9. The molecule has 1 N–H and O–H groups in total. The van der Waals surface area contributed by atoms with Gasteiger partial charge in [0, 0.05) is 6.07 Å². The normalized spacial score (nSPS) is 12.3. The summed E-state index contributed by atoms with van der Waals surface area (Å²) in [5.41, 5.74) is 0.502. The highest BCUT2D eigenvalue weighted by Gasteiger charge is 2.23. The summed E-state index contributed by atoms with van der Waals surface area (Å²) in [5.74, 6) is 0.612. The van der Waals surface area contributed by atoms with Crippen LogP contribution in [0.3, 0.4) is 0 Å². The maximum atomic E-state index is 11.9. The third-order valence-electron chi connectivity index (χ3n) is 3.31. The van der Waals surface area contributed by atoms with Crippen LogP contribution in [-0.2, 0) is 11.3 Å². The van der Waals surface area contributed by atoms with Gasteiger partial charge in [0.1, 0.15) is 25.5 Å². The summed E-state index contributed by atoms with van der Waals surface area (Å²) in [6.45, 7) is 0.712. The number of nitrogens with zero attached hydrogens (tertiary/aromatic N) is 1. The quantitative estimate of drug-likeness (QED) is 0.683. The summed E-state index contributed by atoms with van der Waals surface area (Å²) >= 11 is 0. The summed E-state index contributed by atoms with van der Waals surface area (Å²) in [6, 6.07) is 11.7. The molecule has 1 amide bonds. The fourth-order valence-corrected chi connectivity index (χ4v) is 2.20. The summed E-state index contributed by atoms with van der Waals surface area (Å²) in [4.78, 5) is 22.5. The van der Waals surface area contributed by atoms with Gasteiger partial charge in [-0.1, -0.05) is 30.3 Å². The average molecular weight is 330 g/mol. The van der Waals surface area contributed by atoms with Crippen molar-refractivity contribution in [3.8, 4) is 11.5 Å². The number of ether oxygens (including phenoxy) is 3. The zero-order valence-corrected chi connectivity index (χ0v) is 12.6. The molecule has 0 radical (unpaired) electrons. The van der Waals surface area contributed by atoms with Crippen LogP contribution in [0.4, 0.5) is 16.2 Å².